The van der Waals surface area contributed by atoms with E-state index < -0.39 is 0 Å². The smallest absolute Gasteiger partial charge is 0.257 e. The molecule has 2 heterocycles. The summed E-state index contributed by atoms with van der Waals surface area (Å²) in [6.45, 7) is 4.95. The number of likely N-dealkylation sites (tertiary alicyclic amines) is 2. The van der Waals surface area contributed by atoms with Crippen LogP contribution in [0.1, 0.15) is 43.0 Å². The Morgan fingerprint density at radius 2 is 1.78 bits per heavy atom. The molecule has 1 spiro atoms. The second-order valence-corrected chi connectivity index (χ2v) is 7.92. The Bertz CT molecular complexity index is 884. The van der Waals surface area contributed by atoms with Gasteiger partial charge in [0.25, 0.3) is 5.91 Å². The molecular weight excluding hydrogens is 340 g/mol. The summed E-state index contributed by atoms with van der Waals surface area (Å²) in [6.07, 6.45) is 3.37. The molecule has 27 heavy (non-hydrogen) atoms. The number of phenolic OH excluding ortho intramolecular Hbond substituents is 1. The maximum absolute atomic E-state index is 13.0. The van der Waals surface area contributed by atoms with Crippen LogP contribution in [0.2, 0.25) is 0 Å². The summed E-state index contributed by atoms with van der Waals surface area (Å²) in [5.41, 5.74) is 0.519. The van der Waals surface area contributed by atoms with E-state index in [-0.39, 0.29) is 23.0 Å². The summed E-state index contributed by atoms with van der Waals surface area (Å²) in [6, 6.07) is 11.2. The number of piperidine rings is 2. The van der Waals surface area contributed by atoms with E-state index in [1.54, 1.807) is 12.1 Å². The quantitative estimate of drug-likeness (QED) is 0.886. The van der Waals surface area contributed by atoms with Crippen LogP contribution in [0.3, 0.4) is 0 Å². The average molecular weight is 366 g/mol. The van der Waals surface area contributed by atoms with Gasteiger partial charge in [-0.2, -0.15) is 0 Å². The van der Waals surface area contributed by atoms with Gasteiger partial charge in [-0.1, -0.05) is 24.3 Å². The fraction of sp³-hybridized carbons (Fsp3) is 0.455. The molecule has 0 atom stereocenters. The first-order chi connectivity index (χ1) is 13.0. The Morgan fingerprint density at radius 1 is 1.11 bits per heavy atom. The number of hydrogen-bond acceptors (Lipinski definition) is 3. The maximum Gasteiger partial charge on any atom is 0.257 e. The van der Waals surface area contributed by atoms with E-state index in [0.29, 0.717) is 25.1 Å². The normalized spacial score (nSPS) is 19.7. The molecule has 4 rings (SSSR count). The van der Waals surface area contributed by atoms with Gasteiger partial charge in [0.2, 0.25) is 5.91 Å². The predicted molar refractivity (Wildman–Crippen MR) is 105 cm³/mol. The van der Waals surface area contributed by atoms with Crippen molar-refractivity contribution >= 4 is 22.6 Å². The summed E-state index contributed by atoms with van der Waals surface area (Å²) in [5.74, 6) is 0.189. The largest absolute Gasteiger partial charge is 0.507 e. The van der Waals surface area contributed by atoms with Gasteiger partial charge in [-0.3, -0.25) is 9.59 Å². The lowest BCUT2D eigenvalue weighted by Gasteiger charge is -2.47. The number of carbonyl (C=O) groups is 2. The van der Waals surface area contributed by atoms with Gasteiger partial charge in [-0.15, -0.1) is 0 Å². The van der Waals surface area contributed by atoms with Gasteiger partial charge in [0.05, 0.1) is 5.56 Å². The van der Waals surface area contributed by atoms with Crippen LogP contribution >= 0.6 is 0 Å². The molecule has 0 aliphatic carbocycles. The zero-order valence-electron chi connectivity index (χ0n) is 15.8. The van der Waals surface area contributed by atoms with Crippen molar-refractivity contribution in [2.24, 2.45) is 5.41 Å². The highest BCUT2D eigenvalue weighted by Crippen LogP contribution is 2.40. The van der Waals surface area contributed by atoms with E-state index in [0.717, 1.165) is 43.1 Å². The van der Waals surface area contributed by atoms with E-state index in [1.807, 2.05) is 41.0 Å². The summed E-state index contributed by atoms with van der Waals surface area (Å²) in [7, 11) is 0. The van der Waals surface area contributed by atoms with Crippen molar-refractivity contribution in [1.82, 2.24) is 9.80 Å². The number of carbonyl (C=O) groups excluding carboxylic acids is 2. The van der Waals surface area contributed by atoms with Crippen molar-refractivity contribution in [3.05, 3.63) is 42.0 Å². The van der Waals surface area contributed by atoms with E-state index >= 15 is 0 Å². The highest BCUT2D eigenvalue weighted by molar-refractivity contribution is 6.01. The third kappa shape index (κ3) is 3.27. The number of nitrogens with zero attached hydrogens (tertiary/aromatic N) is 2. The molecule has 2 saturated heterocycles. The molecule has 2 aromatic carbocycles. The molecule has 1 N–H and O–H groups in total. The number of fused-ring (bicyclic) bond motifs is 1. The first-order valence-electron chi connectivity index (χ1n) is 9.80. The van der Waals surface area contributed by atoms with Crippen LogP contribution in [-0.4, -0.2) is 52.9 Å². The van der Waals surface area contributed by atoms with Gasteiger partial charge in [-0.05, 0) is 54.5 Å². The molecule has 5 heteroatoms. The van der Waals surface area contributed by atoms with Crippen LogP contribution in [0.4, 0.5) is 0 Å². The van der Waals surface area contributed by atoms with Crippen LogP contribution in [-0.2, 0) is 4.79 Å². The number of hydrogen-bond donors (Lipinski definition) is 1. The highest BCUT2D eigenvalue weighted by Gasteiger charge is 2.41. The number of aromatic hydroxyl groups is 1. The second-order valence-electron chi connectivity index (χ2n) is 7.92. The van der Waals surface area contributed by atoms with Crippen LogP contribution in [0.5, 0.6) is 5.75 Å². The number of benzene rings is 2. The molecule has 2 aliphatic heterocycles. The van der Waals surface area contributed by atoms with Crippen molar-refractivity contribution in [2.75, 3.05) is 26.2 Å². The summed E-state index contributed by atoms with van der Waals surface area (Å²) >= 11 is 0. The number of amides is 2. The van der Waals surface area contributed by atoms with Crippen molar-refractivity contribution in [3.63, 3.8) is 0 Å². The lowest BCUT2D eigenvalue weighted by Crippen LogP contribution is -2.52. The standard InChI is InChI=1S/C22H26N2O3/c1-2-23-15-22(8-7-20(23)26)9-11-24(12-10-22)21(27)18-13-16-5-3-4-6-17(16)14-19(18)25/h3-6,13-14,25H,2,7-12,15H2,1H3. The summed E-state index contributed by atoms with van der Waals surface area (Å²) in [5, 5.41) is 12.2. The first-order valence-corrected chi connectivity index (χ1v) is 9.80. The Hall–Kier alpha value is -2.56. The number of rotatable bonds is 2. The Balaban J connectivity index is 1.49. The fourth-order valence-corrected chi connectivity index (χ4v) is 4.55. The monoisotopic (exact) mass is 366 g/mol. The van der Waals surface area contributed by atoms with Crippen LogP contribution in [0, 0.1) is 5.41 Å². The molecule has 0 radical (unpaired) electrons. The molecule has 5 nitrogen and oxygen atoms in total. The van der Waals surface area contributed by atoms with Gasteiger partial charge in [0.1, 0.15) is 5.75 Å². The molecule has 2 fully saturated rings. The third-order valence-corrected chi connectivity index (χ3v) is 6.34. The van der Waals surface area contributed by atoms with Crippen LogP contribution < -0.4 is 0 Å². The van der Waals surface area contributed by atoms with E-state index in [4.69, 9.17) is 0 Å². The zero-order valence-corrected chi connectivity index (χ0v) is 15.8. The lowest BCUT2D eigenvalue weighted by molar-refractivity contribution is -0.138. The molecule has 2 amide bonds. The fourth-order valence-electron chi connectivity index (χ4n) is 4.55. The summed E-state index contributed by atoms with van der Waals surface area (Å²) in [4.78, 5) is 28.8. The molecule has 142 valence electrons. The first kappa shape index (κ1) is 17.8. The van der Waals surface area contributed by atoms with Gasteiger partial charge >= 0.3 is 0 Å². The van der Waals surface area contributed by atoms with Gasteiger partial charge < -0.3 is 14.9 Å². The Kier molecular flexibility index (Phi) is 4.54. The SMILES string of the molecule is CCN1CC2(CCC1=O)CCN(C(=O)c1cc3ccccc3cc1O)CC2. The number of phenols is 1. The molecule has 0 bridgehead atoms. The molecular formula is C22H26N2O3. The lowest BCUT2D eigenvalue weighted by atomic mass is 9.72. The van der Waals surface area contributed by atoms with Crippen molar-refractivity contribution in [2.45, 2.75) is 32.6 Å². The minimum absolute atomic E-state index is 0.0411. The Morgan fingerprint density at radius 3 is 2.44 bits per heavy atom. The van der Waals surface area contributed by atoms with E-state index in [1.165, 1.54) is 0 Å². The van der Waals surface area contributed by atoms with Crippen LogP contribution in [0.25, 0.3) is 10.8 Å². The van der Waals surface area contributed by atoms with Crippen molar-refractivity contribution in [3.8, 4) is 5.75 Å². The molecule has 0 aromatic heterocycles. The van der Waals surface area contributed by atoms with Crippen LogP contribution in [0.15, 0.2) is 36.4 Å². The molecule has 0 saturated carbocycles. The van der Waals surface area contributed by atoms with Crippen molar-refractivity contribution in [1.29, 1.82) is 0 Å². The average Bonchev–Trinajstić information content (AvgIpc) is 2.69. The Labute approximate surface area is 159 Å². The molecule has 0 unspecified atom stereocenters. The topological polar surface area (TPSA) is 60.9 Å². The van der Waals surface area contributed by atoms with E-state index in [9.17, 15) is 14.7 Å². The minimum Gasteiger partial charge on any atom is -0.507 e. The van der Waals surface area contributed by atoms with E-state index in [2.05, 4.69) is 0 Å². The van der Waals surface area contributed by atoms with Gasteiger partial charge in [-0.25, -0.2) is 0 Å². The highest BCUT2D eigenvalue weighted by atomic mass is 16.3. The maximum atomic E-state index is 13.0. The molecule has 2 aromatic rings. The van der Waals surface area contributed by atoms with Crippen molar-refractivity contribution < 1.29 is 14.7 Å². The third-order valence-electron chi connectivity index (χ3n) is 6.34. The molecule has 2 aliphatic rings. The summed E-state index contributed by atoms with van der Waals surface area (Å²) < 4.78 is 0. The zero-order chi connectivity index (χ0) is 19.0. The van der Waals surface area contributed by atoms with Gasteiger partial charge in [0, 0.05) is 32.6 Å². The van der Waals surface area contributed by atoms with Gasteiger partial charge in [0.15, 0.2) is 0 Å². The minimum atomic E-state index is -0.104. The predicted octanol–water partition coefficient (Wildman–Crippen LogP) is 3.41. The second kappa shape index (κ2) is 6.87.